The Bertz CT molecular complexity index is 486. The zero-order valence-electron chi connectivity index (χ0n) is 10.4. The van der Waals surface area contributed by atoms with Gasteiger partial charge in [-0.15, -0.1) is 0 Å². The van der Waals surface area contributed by atoms with Crippen LogP contribution in [0.15, 0.2) is 24.3 Å². The van der Waals surface area contributed by atoms with Crippen LogP contribution in [0.5, 0.6) is 0 Å². The topological polar surface area (TPSA) is 51.2 Å². The van der Waals surface area contributed by atoms with Crippen LogP contribution in [0.3, 0.4) is 0 Å². The van der Waals surface area contributed by atoms with Crippen molar-refractivity contribution in [2.24, 2.45) is 0 Å². The number of aryl methyl sites for hydroxylation is 1. The van der Waals surface area contributed by atoms with Gasteiger partial charge in [0.05, 0.1) is 5.75 Å². The van der Waals surface area contributed by atoms with Gasteiger partial charge in [0.2, 0.25) is 0 Å². The summed E-state index contributed by atoms with van der Waals surface area (Å²) in [6.45, 7) is 3.44. The minimum atomic E-state index is -2.92. The summed E-state index contributed by atoms with van der Waals surface area (Å²) in [6, 6.07) is 7.56. The predicted octanol–water partition coefficient (Wildman–Crippen LogP) is 1.97. The molecule has 4 heteroatoms. The van der Waals surface area contributed by atoms with E-state index in [1.54, 1.807) is 6.92 Å². The standard InChI is InChI=1S/C13H18O3S/c1-10(11(2)14)13-6-4-12(5-7-13)8-9-17(3,15)16/h4-7,10H,8-9H2,1-3H3. The third-order valence-electron chi connectivity index (χ3n) is 2.85. The van der Waals surface area contributed by atoms with E-state index in [4.69, 9.17) is 0 Å². The average Bonchev–Trinajstić information content (AvgIpc) is 2.25. The van der Waals surface area contributed by atoms with Gasteiger partial charge in [-0.2, -0.15) is 0 Å². The molecule has 0 aliphatic heterocycles. The molecule has 0 N–H and O–H groups in total. The molecule has 17 heavy (non-hydrogen) atoms. The van der Waals surface area contributed by atoms with Crippen LogP contribution in [0.1, 0.15) is 30.9 Å². The van der Waals surface area contributed by atoms with E-state index < -0.39 is 9.84 Å². The summed E-state index contributed by atoms with van der Waals surface area (Å²) in [7, 11) is -2.92. The minimum absolute atomic E-state index is 0.0982. The Morgan fingerprint density at radius 3 is 2.18 bits per heavy atom. The number of hydrogen-bond acceptors (Lipinski definition) is 3. The molecule has 0 fully saturated rings. The summed E-state index contributed by atoms with van der Waals surface area (Å²) >= 11 is 0. The summed E-state index contributed by atoms with van der Waals surface area (Å²) in [6.07, 6.45) is 1.76. The molecule has 0 saturated carbocycles. The van der Waals surface area contributed by atoms with Crippen molar-refractivity contribution in [2.75, 3.05) is 12.0 Å². The van der Waals surface area contributed by atoms with Gasteiger partial charge in [0, 0.05) is 12.2 Å². The molecule has 1 atom stereocenters. The highest BCUT2D eigenvalue weighted by molar-refractivity contribution is 7.90. The lowest BCUT2D eigenvalue weighted by Gasteiger charge is -2.08. The Hall–Kier alpha value is -1.16. The van der Waals surface area contributed by atoms with Gasteiger partial charge in [0.25, 0.3) is 0 Å². The molecule has 0 bridgehead atoms. The van der Waals surface area contributed by atoms with Crippen LogP contribution in [-0.4, -0.2) is 26.2 Å². The predicted molar refractivity (Wildman–Crippen MR) is 69.0 cm³/mol. The van der Waals surface area contributed by atoms with Crippen LogP contribution < -0.4 is 0 Å². The molecule has 0 radical (unpaired) electrons. The van der Waals surface area contributed by atoms with Crippen molar-refractivity contribution >= 4 is 15.6 Å². The molecule has 3 nitrogen and oxygen atoms in total. The third kappa shape index (κ3) is 4.69. The second kappa shape index (κ2) is 5.45. The van der Waals surface area contributed by atoms with Gasteiger partial charge in [-0.05, 0) is 24.5 Å². The second-order valence-corrected chi connectivity index (χ2v) is 6.71. The van der Waals surface area contributed by atoms with Crippen molar-refractivity contribution in [2.45, 2.75) is 26.2 Å². The van der Waals surface area contributed by atoms with Gasteiger partial charge in [0.15, 0.2) is 0 Å². The Morgan fingerprint density at radius 1 is 1.24 bits per heavy atom. The monoisotopic (exact) mass is 254 g/mol. The zero-order valence-corrected chi connectivity index (χ0v) is 11.3. The van der Waals surface area contributed by atoms with Gasteiger partial charge in [-0.3, -0.25) is 4.79 Å². The molecule has 0 aromatic heterocycles. The molecule has 0 amide bonds. The van der Waals surface area contributed by atoms with Gasteiger partial charge < -0.3 is 0 Å². The number of carbonyl (C=O) groups excluding carboxylic acids is 1. The first-order chi connectivity index (χ1) is 7.79. The van der Waals surface area contributed by atoms with Crippen LogP contribution in [0.25, 0.3) is 0 Å². The van der Waals surface area contributed by atoms with Gasteiger partial charge in [-0.1, -0.05) is 31.2 Å². The van der Waals surface area contributed by atoms with E-state index in [0.29, 0.717) is 6.42 Å². The van der Waals surface area contributed by atoms with E-state index in [1.807, 2.05) is 31.2 Å². The maximum absolute atomic E-state index is 11.2. The first-order valence-corrected chi connectivity index (χ1v) is 7.62. The van der Waals surface area contributed by atoms with Crippen molar-refractivity contribution in [3.63, 3.8) is 0 Å². The largest absolute Gasteiger partial charge is 0.299 e. The molecular weight excluding hydrogens is 236 g/mol. The van der Waals surface area contributed by atoms with E-state index >= 15 is 0 Å². The van der Waals surface area contributed by atoms with Gasteiger partial charge in [-0.25, -0.2) is 8.42 Å². The average molecular weight is 254 g/mol. The van der Waals surface area contributed by atoms with Crippen LogP contribution in [0, 0.1) is 0 Å². The Morgan fingerprint density at radius 2 is 1.76 bits per heavy atom. The van der Waals surface area contributed by atoms with E-state index in [1.165, 1.54) is 6.26 Å². The van der Waals surface area contributed by atoms with Crippen LogP contribution in [0.2, 0.25) is 0 Å². The lowest BCUT2D eigenvalue weighted by Crippen LogP contribution is -2.07. The summed E-state index contributed by atoms with van der Waals surface area (Å²) in [5, 5.41) is 0. The highest BCUT2D eigenvalue weighted by Gasteiger charge is 2.10. The lowest BCUT2D eigenvalue weighted by molar-refractivity contribution is -0.118. The van der Waals surface area contributed by atoms with Crippen molar-refractivity contribution < 1.29 is 13.2 Å². The fraction of sp³-hybridized carbons (Fsp3) is 0.462. The highest BCUT2D eigenvalue weighted by atomic mass is 32.2. The number of hydrogen-bond donors (Lipinski definition) is 0. The molecule has 1 aromatic carbocycles. The molecule has 0 saturated heterocycles. The van der Waals surface area contributed by atoms with Crippen molar-refractivity contribution in [3.8, 4) is 0 Å². The number of carbonyl (C=O) groups is 1. The van der Waals surface area contributed by atoms with E-state index in [9.17, 15) is 13.2 Å². The van der Waals surface area contributed by atoms with Crippen molar-refractivity contribution in [1.29, 1.82) is 0 Å². The van der Waals surface area contributed by atoms with Crippen LogP contribution >= 0.6 is 0 Å². The lowest BCUT2D eigenvalue weighted by atomic mass is 9.96. The maximum atomic E-state index is 11.2. The molecule has 1 unspecified atom stereocenters. The number of rotatable bonds is 5. The number of benzene rings is 1. The number of Topliss-reactive ketones (excluding diaryl/α,β-unsaturated/α-hetero) is 1. The molecule has 0 aliphatic rings. The van der Waals surface area contributed by atoms with E-state index in [-0.39, 0.29) is 17.5 Å². The quantitative estimate of drug-likeness (QED) is 0.807. The van der Waals surface area contributed by atoms with Gasteiger partial charge >= 0.3 is 0 Å². The van der Waals surface area contributed by atoms with Crippen LogP contribution in [0.4, 0.5) is 0 Å². The normalized spacial score (nSPS) is 13.4. The smallest absolute Gasteiger partial charge is 0.147 e. The van der Waals surface area contributed by atoms with Crippen LogP contribution in [-0.2, 0) is 21.1 Å². The fourth-order valence-electron chi connectivity index (χ4n) is 1.51. The third-order valence-corrected chi connectivity index (χ3v) is 3.80. The summed E-state index contributed by atoms with van der Waals surface area (Å²) < 4.78 is 22.0. The van der Waals surface area contributed by atoms with E-state index in [2.05, 4.69) is 0 Å². The maximum Gasteiger partial charge on any atom is 0.147 e. The van der Waals surface area contributed by atoms with Gasteiger partial charge in [0.1, 0.15) is 15.6 Å². The van der Waals surface area contributed by atoms with Crippen molar-refractivity contribution in [1.82, 2.24) is 0 Å². The molecule has 0 spiro atoms. The Labute approximate surface area is 103 Å². The summed E-state index contributed by atoms with van der Waals surface area (Å²) in [5.74, 6) is 0.196. The fourth-order valence-corrected chi connectivity index (χ4v) is 2.12. The molecule has 1 aromatic rings. The molecule has 1 rings (SSSR count). The van der Waals surface area contributed by atoms with Crippen molar-refractivity contribution in [3.05, 3.63) is 35.4 Å². The molecule has 0 heterocycles. The highest BCUT2D eigenvalue weighted by Crippen LogP contribution is 2.17. The SMILES string of the molecule is CC(=O)C(C)c1ccc(CCS(C)(=O)=O)cc1. The Balaban J connectivity index is 2.72. The first kappa shape index (κ1) is 13.9. The van der Waals surface area contributed by atoms with E-state index in [0.717, 1.165) is 11.1 Å². The second-order valence-electron chi connectivity index (χ2n) is 4.45. The molecule has 0 aliphatic carbocycles. The Kier molecular flexibility index (Phi) is 4.46. The summed E-state index contributed by atoms with van der Waals surface area (Å²) in [5.41, 5.74) is 1.95. The molecular formula is C13H18O3S. The first-order valence-electron chi connectivity index (χ1n) is 5.56. The number of ketones is 1. The number of sulfone groups is 1. The minimum Gasteiger partial charge on any atom is -0.299 e. The summed E-state index contributed by atoms with van der Waals surface area (Å²) in [4.78, 5) is 11.2. The molecule has 94 valence electrons. The zero-order chi connectivity index (χ0) is 13.1.